The van der Waals surface area contributed by atoms with Crippen LogP contribution in [0.2, 0.25) is 0 Å². The molecule has 46 heavy (non-hydrogen) atoms. The van der Waals surface area contributed by atoms with Gasteiger partial charge in [0.25, 0.3) is 0 Å². The number of thiophene rings is 1. The molecule has 230 valence electrons. The predicted octanol–water partition coefficient (Wildman–Crippen LogP) is 7.17. The van der Waals surface area contributed by atoms with Gasteiger partial charge in [-0.25, -0.2) is 15.0 Å². The average Bonchev–Trinajstić information content (AvgIpc) is 3.73. The van der Waals surface area contributed by atoms with Crippen LogP contribution in [0.25, 0.3) is 28.3 Å². The number of aromatic nitrogens is 4. The molecule has 6 aromatic rings. The summed E-state index contributed by atoms with van der Waals surface area (Å²) in [5.41, 5.74) is 6.84. The van der Waals surface area contributed by atoms with Crippen LogP contribution in [0.1, 0.15) is 36.1 Å². The van der Waals surface area contributed by atoms with Crippen molar-refractivity contribution in [3.05, 3.63) is 113 Å². The molecule has 0 unspecified atom stereocenters. The van der Waals surface area contributed by atoms with Gasteiger partial charge in [0.05, 0.1) is 23.5 Å². The van der Waals surface area contributed by atoms with E-state index < -0.39 is 0 Å². The average molecular weight is 628 g/mol. The monoisotopic (exact) mass is 627 g/mol. The summed E-state index contributed by atoms with van der Waals surface area (Å²) in [5.74, 6) is 1.02. The number of carbonyl (C=O) groups is 2. The molecule has 2 amide bonds. The minimum Gasteiger partial charge on any atom is -0.343 e. The molecular weight excluding hydrogens is 595 g/mol. The minimum absolute atomic E-state index is 0.0623. The van der Waals surface area contributed by atoms with Crippen molar-refractivity contribution in [2.45, 2.75) is 32.1 Å². The molecule has 10 heteroatoms. The molecule has 4 aromatic heterocycles. The van der Waals surface area contributed by atoms with Crippen molar-refractivity contribution in [1.29, 1.82) is 0 Å². The molecule has 9 nitrogen and oxygen atoms in total. The second-order valence-corrected chi connectivity index (χ2v) is 12.4. The number of carbonyl (C=O) groups excluding carboxylic acids is 2. The summed E-state index contributed by atoms with van der Waals surface area (Å²) in [6.07, 6.45) is 6.01. The van der Waals surface area contributed by atoms with Crippen molar-refractivity contribution in [1.82, 2.24) is 24.3 Å². The fraction of sp³-hybridized carbons (Fsp3) is 0.194. The Morgan fingerprint density at radius 3 is 2.54 bits per heavy atom. The third-order valence-corrected chi connectivity index (χ3v) is 9.22. The molecule has 2 aromatic carbocycles. The summed E-state index contributed by atoms with van der Waals surface area (Å²) in [7, 11) is 0. The van der Waals surface area contributed by atoms with Crippen molar-refractivity contribution < 1.29 is 9.59 Å². The van der Waals surface area contributed by atoms with Gasteiger partial charge in [-0.05, 0) is 78.2 Å². The first-order chi connectivity index (χ1) is 22.5. The molecule has 0 atom stereocenters. The van der Waals surface area contributed by atoms with E-state index >= 15 is 0 Å². The van der Waals surface area contributed by atoms with Crippen LogP contribution in [0.15, 0.2) is 103 Å². The molecule has 0 bridgehead atoms. The fourth-order valence-corrected chi connectivity index (χ4v) is 6.71. The Morgan fingerprint density at radius 1 is 0.913 bits per heavy atom. The number of hydrogen-bond donors (Lipinski definition) is 2. The number of piperidine rings is 1. The number of likely N-dealkylation sites (tertiary alicyclic amines) is 1. The maximum absolute atomic E-state index is 12.7. The van der Waals surface area contributed by atoms with E-state index in [0.717, 1.165) is 59.1 Å². The van der Waals surface area contributed by atoms with Crippen molar-refractivity contribution in [3.63, 3.8) is 0 Å². The van der Waals surface area contributed by atoms with Gasteiger partial charge < -0.3 is 15.5 Å². The van der Waals surface area contributed by atoms with Crippen molar-refractivity contribution in [3.8, 4) is 22.6 Å². The van der Waals surface area contributed by atoms with Gasteiger partial charge in [-0.15, -0.1) is 11.3 Å². The van der Waals surface area contributed by atoms with Crippen LogP contribution in [-0.4, -0.2) is 49.2 Å². The molecule has 5 heterocycles. The van der Waals surface area contributed by atoms with Gasteiger partial charge in [0.15, 0.2) is 0 Å². The summed E-state index contributed by atoms with van der Waals surface area (Å²) < 4.78 is 2.02. The zero-order chi connectivity index (χ0) is 31.5. The van der Waals surface area contributed by atoms with E-state index in [9.17, 15) is 9.59 Å². The molecule has 1 fully saturated rings. The SMILES string of the molecule is CC(=O)N1CCC(c2ccc(Nc3nccc(-c4c(-c5cccc(NC(=O)Cc6cccs6)c5)nc5ccccn45)n3)cc2)CC1. The summed E-state index contributed by atoms with van der Waals surface area (Å²) in [6.45, 7) is 3.25. The predicted molar refractivity (Wildman–Crippen MR) is 182 cm³/mol. The maximum Gasteiger partial charge on any atom is 0.229 e. The van der Waals surface area contributed by atoms with Crippen LogP contribution in [0.5, 0.6) is 0 Å². The van der Waals surface area contributed by atoms with Gasteiger partial charge in [-0.3, -0.25) is 14.0 Å². The highest BCUT2D eigenvalue weighted by molar-refractivity contribution is 7.10. The molecule has 1 aliphatic rings. The third kappa shape index (κ3) is 6.38. The minimum atomic E-state index is -0.0623. The van der Waals surface area contributed by atoms with Crippen LogP contribution in [0.4, 0.5) is 17.3 Å². The zero-order valence-electron chi connectivity index (χ0n) is 25.4. The summed E-state index contributed by atoms with van der Waals surface area (Å²) in [4.78, 5) is 41.7. The first kappa shape index (κ1) is 29.4. The highest BCUT2D eigenvalue weighted by Crippen LogP contribution is 2.34. The van der Waals surface area contributed by atoms with Gasteiger partial charge in [-0.2, -0.15) is 0 Å². The van der Waals surface area contributed by atoms with Gasteiger partial charge >= 0.3 is 0 Å². The number of amides is 2. The molecule has 1 aliphatic heterocycles. The van der Waals surface area contributed by atoms with Crippen molar-refractivity contribution >= 4 is 46.1 Å². The Balaban J connectivity index is 1.13. The van der Waals surface area contributed by atoms with Gasteiger partial charge in [-0.1, -0.05) is 36.4 Å². The van der Waals surface area contributed by atoms with E-state index in [1.54, 1.807) is 24.5 Å². The number of fused-ring (bicyclic) bond motifs is 1. The molecule has 0 radical (unpaired) electrons. The number of hydrogen-bond acceptors (Lipinski definition) is 7. The number of anilines is 3. The Kier molecular flexibility index (Phi) is 8.26. The fourth-order valence-electron chi connectivity index (χ4n) is 6.01. The first-order valence-electron chi connectivity index (χ1n) is 15.4. The second-order valence-electron chi connectivity index (χ2n) is 11.4. The van der Waals surface area contributed by atoms with E-state index in [4.69, 9.17) is 9.97 Å². The van der Waals surface area contributed by atoms with E-state index in [1.807, 2.05) is 81.5 Å². The van der Waals surface area contributed by atoms with Crippen LogP contribution in [0.3, 0.4) is 0 Å². The molecule has 0 aliphatic carbocycles. The van der Waals surface area contributed by atoms with Gasteiger partial charge in [0.1, 0.15) is 5.65 Å². The van der Waals surface area contributed by atoms with E-state index in [1.165, 1.54) is 5.56 Å². The smallest absolute Gasteiger partial charge is 0.229 e. The molecule has 0 spiro atoms. The second kappa shape index (κ2) is 12.9. The Morgan fingerprint density at radius 2 is 1.76 bits per heavy atom. The normalized spacial score (nSPS) is 13.5. The highest BCUT2D eigenvalue weighted by atomic mass is 32.1. The summed E-state index contributed by atoms with van der Waals surface area (Å²) in [5, 5.41) is 8.37. The molecule has 2 N–H and O–H groups in total. The summed E-state index contributed by atoms with van der Waals surface area (Å²) >= 11 is 1.57. The van der Waals surface area contributed by atoms with Gasteiger partial charge in [0.2, 0.25) is 17.8 Å². The largest absolute Gasteiger partial charge is 0.343 e. The van der Waals surface area contributed by atoms with Crippen LogP contribution < -0.4 is 10.6 Å². The lowest BCUT2D eigenvalue weighted by atomic mass is 9.89. The quantitative estimate of drug-likeness (QED) is 0.185. The topological polar surface area (TPSA) is 105 Å². The Hall–Kier alpha value is -5.35. The zero-order valence-corrected chi connectivity index (χ0v) is 26.2. The molecular formula is C36H33N7O2S. The van der Waals surface area contributed by atoms with Crippen LogP contribution >= 0.6 is 11.3 Å². The maximum atomic E-state index is 12.7. The van der Waals surface area contributed by atoms with E-state index in [0.29, 0.717) is 29.7 Å². The number of imidazole rings is 1. The van der Waals surface area contributed by atoms with Crippen LogP contribution in [-0.2, 0) is 16.0 Å². The van der Waals surface area contributed by atoms with Crippen molar-refractivity contribution in [2.75, 3.05) is 23.7 Å². The van der Waals surface area contributed by atoms with Crippen LogP contribution in [0, 0.1) is 0 Å². The number of benzene rings is 2. The van der Waals surface area contributed by atoms with E-state index in [-0.39, 0.29) is 11.8 Å². The first-order valence-corrected chi connectivity index (χ1v) is 16.2. The summed E-state index contributed by atoms with van der Waals surface area (Å²) in [6, 6.07) is 27.8. The number of nitrogens with one attached hydrogen (secondary N) is 2. The molecule has 1 saturated heterocycles. The lowest BCUT2D eigenvalue weighted by Gasteiger charge is -2.31. The number of pyridine rings is 1. The standard InChI is InChI=1S/C36H33N7O2S/c1-24(44)42-19-15-26(16-20-42)25-10-12-28(13-11-25)39-36-37-17-14-31(40-36)35-34(41-32-9-2-3-18-43(32)35)27-6-4-7-29(22-27)38-33(45)23-30-8-5-21-46-30/h2-14,17-18,21-22,26H,15-16,19-20,23H2,1H3,(H,38,45)(H,37,39,40). The van der Waals surface area contributed by atoms with Crippen molar-refractivity contribution in [2.24, 2.45) is 0 Å². The molecule has 0 saturated carbocycles. The van der Waals surface area contributed by atoms with E-state index in [2.05, 4.69) is 39.9 Å². The highest BCUT2D eigenvalue weighted by Gasteiger charge is 2.22. The third-order valence-electron chi connectivity index (χ3n) is 8.34. The number of rotatable bonds is 8. The van der Waals surface area contributed by atoms with Gasteiger partial charge in [0, 0.05) is 54.2 Å². The Labute approximate surface area is 271 Å². The lowest BCUT2D eigenvalue weighted by molar-refractivity contribution is -0.129. The lowest BCUT2D eigenvalue weighted by Crippen LogP contribution is -2.36. The molecule has 7 rings (SSSR count). The Bertz CT molecular complexity index is 2000. The number of nitrogens with zero attached hydrogens (tertiary/aromatic N) is 5.